The standard InChI is InChI=1S/C26H24N2O4S/c1-31-19-13-14-22(32-2)21(17-19)27-23-24(33-20-11-7-4-8-12-20)26(30)28(25(23)29)16-15-18-9-5-3-6-10-18/h3-14,17,27H,15-16H2,1-2H3. The number of hydrogen-bond donors (Lipinski definition) is 1. The molecular weight excluding hydrogens is 436 g/mol. The number of hydrogen-bond acceptors (Lipinski definition) is 6. The number of benzene rings is 3. The van der Waals surface area contributed by atoms with E-state index in [2.05, 4.69) is 5.32 Å². The second-order valence-corrected chi connectivity index (χ2v) is 8.39. The van der Waals surface area contributed by atoms with Crippen LogP contribution in [0.5, 0.6) is 11.5 Å². The molecule has 1 aliphatic heterocycles. The van der Waals surface area contributed by atoms with E-state index in [9.17, 15) is 9.59 Å². The summed E-state index contributed by atoms with van der Waals surface area (Å²) in [4.78, 5) is 29.3. The molecular formula is C26H24N2O4S. The fraction of sp³-hybridized carbons (Fsp3) is 0.154. The minimum absolute atomic E-state index is 0.230. The van der Waals surface area contributed by atoms with Crippen molar-refractivity contribution in [2.45, 2.75) is 11.3 Å². The second kappa shape index (κ2) is 10.3. The zero-order valence-electron chi connectivity index (χ0n) is 18.4. The molecule has 0 spiro atoms. The molecule has 1 heterocycles. The number of rotatable bonds is 9. The van der Waals surface area contributed by atoms with Gasteiger partial charge in [-0.2, -0.15) is 0 Å². The number of thioether (sulfide) groups is 1. The first kappa shape index (κ1) is 22.5. The van der Waals surface area contributed by atoms with Crippen molar-refractivity contribution < 1.29 is 19.1 Å². The molecule has 0 unspecified atom stereocenters. The first-order valence-corrected chi connectivity index (χ1v) is 11.3. The van der Waals surface area contributed by atoms with Crippen molar-refractivity contribution in [1.82, 2.24) is 4.90 Å². The predicted molar refractivity (Wildman–Crippen MR) is 129 cm³/mol. The van der Waals surface area contributed by atoms with Gasteiger partial charge in [0.2, 0.25) is 0 Å². The molecule has 0 bridgehead atoms. The van der Waals surface area contributed by atoms with Crippen molar-refractivity contribution in [3.05, 3.63) is 95.0 Å². The van der Waals surface area contributed by atoms with Gasteiger partial charge >= 0.3 is 0 Å². The number of nitrogens with one attached hydrogen (secondary N) is 1. The quantitative estimate of drug-likeness (QED) is 0.466. The number of carbonyl (C=O) groups excluding carboxylic acids is 2. The highest BCUT2D eigenvalue weighted by molar-refractivity contribution is 8.04. The molecule has 2 amide bonds. The lowest BCUT2D eigenvalue weighted by molar-refractivity contribution is -0.137. The third kappa shape index (κ3) is 5.04. The number of amides is 2. The van der Waals surface area contributed by atoms with Crippen molar-refractivity contribution in [3.8, 4) is 11.5 Å². The summed E-state index contributed by atoms with van der Waals surface area (Å²) in [5.41, 5.74) is 1.84. The Hall–Kier alpha value is -3.71. The lowest BCUT2D eigenvalue weighted by atomic mass is 10.1. The maximum absolute atomic E-state index is 13.4. The van der Waals surface area contributed by atoms with Gasteiger partial charge in [0.25, 0.3) is 11.8 Å². The van der Waals surface area contributed by atoms with Gasteiger partial charge in [-0.25, -0.2) is 0 Å². The van der Waals surface area contributed by atoms with Gasteiger partial charge in [-0.15, -0.1) is 0 Å². The van der Waals surface area contributed by atoms with Gasteiger partial charge < -0.3 is 14.8 Å². The second-order valence-electron chi connectivity index (χ2n) is 7.31. The van der Waals surface area contributed by atoms with E-state index in [1.165, 1.54) is 16.7 Å². The third-order valence-electron chi connectivity index (χ3n) is 5.22. The zero-order chi connectivity index (χ0) is 23.2. The Morgan fingerprint density at radius 2 is 1.55 bits per heavy atom. The molecule has 6 nitrogen and oxygen atoms in total. The summed E-state index contributed by atoms with van der Waals surface area (Å²) in [5, 5.41) is 3.16. The Morgan fingerprint density at radius 1 is 0.848 bits per heavy atom. The van der Waals surface area contributed by atoms with Gasteiger partial charge in [0, 0.05) is 17.5 Å². The minimum atomic E-state index is -0.362. The maximum atomic E-state index is 13.4. The van der Waals surface area contributed by atoms with E-state index in [1.54, 1.807) is 32.4 Å². The van der Waals surface area contributed by atoms with Crippen LogP contribution in [0.2, 0.25) is 0 Å². The normalized spacial score (nSPS) is 13.5. The summed E-state index contributed by atoms with van der Waals surface area (Å²) in [6.07, 6.45) is 0.581. The van der Waals surface area contributed by atoms with Crippen LogP contribution in [0.15, 0.2) is 94.4 Å². The van der Waals surface area contributed by atoms with Crippen molar-refractivity contribution in [3.63, 3.8) is 0 Å². The number of carbonyl (C=O) groups is 2. The number of methoxy groups -OCH3 is 2. The van der Waals surface area contributed by atoms with Gasteiger partial charge in [-0.05, 0) is 36.2 Å². The monoisotopic (exact) mass is 460 g/mol. The molecule has 0 atom stereocenters. The van der Waals surface area contributed by atoms with Crippen molar-refractivity contribution in [2.24, 2.45) is 0 Å². The van der Waals surface area contributed by atoms with Gasteiger partial charge in [0.1, 0.15) is 22.1 Å². The van der Waals surface area contributed by atoms with Crippen LogP contribution in [0.25, 0.3) is 0 Å². The lowest BCUT2D eigenvalue weighted by Crippen LogP contribution is -2.34. The molecule has 0 saturated heterocycles. The Bertz CT molecular complexity index is 1180. The van der Waals surface area contributed by atoms with E-state index < -0.39 is 0 Å². The number of anilines is 1. The molecule has 3 aromatic carbocycles. The lowest BCUT2D eigenvalue weighted by Gasteiger charge is -2.16. The zero-order valence-corrected chi connectivity index (χ0v) is 19.2. The van der Waals surface area contributed by atoms with Crippen LogP contribution in [0, 0.1) is 0 Å². The van der Waals surface area contributed by atoms with Crippen molar-refractivity contribution >= 4 is 29.3 Å². The van der Waals surface area contributed by atoms with Crippen molar-refractivity contribution in [2.75, 3.05) is 26.1 Å². The molecule has 33 heavy (non-hydrogen) atoms. The van der Waals surface area contributed by atoms with E-state index in [0.29, 0.717) is 35.1 Å². The third-order valence-corrected chi connectivity index (χ3v) is 6.31. The fourth-order valence-electron chi connectivity index (χ4n) is 3.50. The SMILES string of the molecule is COc1ccc(OC)c(NC2=C(Sc3ccccc3)C(=O)N(CCc3ccccc3)C2=O)c1. The topological polar surface area (TPSA) is 67.9 Å². The van der Waals surface area contributed by atoms with E-state index in [-0.39, 0.29) is 17.5 Å². The Labute approximate surface area is 197 Å². The number of ether oxygens (including phenoxy) is 2. The highest BCUT2D eigenvalue weighted by atomic mass is 32.2. The average molecular weight is 461 g/mol. The predicted octanol–water partition coefficient (Wildman–Crippen LogP) is 4.73. The van der Waals surface area contributed by atoms with Gasteiger partial charge in [0.05, 0.1) is 19.9 Å². The van der Waals surface area contributed by atoms with Crippen molar-refractivity contribution in [1.29, 1.82) is 0 Å². The Balaban J connectivity index is 1.66. The molecule has 4 rings (SSSR count). The molecule has 1 N–H and O–H groups in total. The molecule has 0 saturated carbocycles. The molecule has 3 aromatic rings. The van der Waals surface area contributed by atoms with Gasteiger partial charge in [-0.3, -0.25) is 14.5 Å². The molecule has 0 aliphatic carbocycles. The van der Waals surface area contributed by atoms with E-state index >= 15 is 0 Å². The van der Waals surface area contributed by atoms with E-state index in [0.717, 1.165) is 10.5 Å². The fourth-order valence-corrected chi connectivity index (χ4v) is 4.47. The Kier molecular flexibility index (Phi) is 7.00. The molecule has 0 radical (unpaired) electrons. The van der Waals surface area contributed by atoms with Crippen LogP contribution in [0.1, 0.15) is 5.56 Å². The minimum Gasteiger partial charge on any atom is -0.497 e. The highest BCUT2D eigenvalue weighted by Crippen LogP contribution is 2.38. The highest BCUT2D eigenvalue weighted by Gasteiger charge is 2.39. The van der Waals surface area contributed by atoms with Crippen LogP contribution < -0.4 is 14.8 Å². The van der Waals surface area contributed by atoms with Crippen LogP contribution in [-0.2, 0) is 16.0 Å². The molecule has 1 aliphatic rings. The maximum Gasteiger partial charge on any atom is 0.278 e. The van der Waals surface area contributed by atoms with Crippen LogP contribution in [-0.4, -0.2) is 37.5 Å². The summed E-state index contributed by atoms with van der Waals surface area (Å²) in [6.45, 7) is 0.293. The number of nitrogens with zero attached hydrogens (tertiary/aromatic N) is 1. The van der Waals surface area contributed by atoms with Gasteiger partial charge in [0.15, 0.2) is 0 Å². The molecule has 168 valence electrons. The summed E-state index contributed by atoms with van der Waals surface area (Å²) in [5.74, 6) is 0.470. The molecule has 7 heteroatoms. The largest absolute Gasteiger partial charge is 0.497 e. The summed E-state index contributed by atoms with van der Waals surface area (Å²) >= 11 is 1.27. The van der Waals surface area contributed by atoms with Gasteiger partial charge in [-0.1, -0.05) is 60.3 Å². The summed E-state index contributed by atoms with van der Waals surface area (Å²) < 4.78 is 10.8. The first-order valence-electron chi connectivity index (χ1n) is 10.5. The van der Waals surface area contributed by atoms with Crippen LogP contribution in [0.3, 0.4) is 0 Å². The average Bonchev–Trinajstić information content (AvgIpc) is 3.07. The van der Waals surface area contributed by atoms with Crippen LogP contribution in [0.4, 0.5) is 5.69 Å². The summed E-state index contributed by atoms with van der Waals surface area (Å²) in [7, 11) is 3.12. The Morgan fingerprint density at radius 3 is 2.21 bits per heavy atom. The van der Waals surface area contributed by atoms with Crippen LogP contribution >= 0.6 is 11.8 Å². The molecule has 0 fully saturated rings. The first-order chi connectivity index (χ1) is 16.1. The van der Waals surface area contributed by atoms with E-state index in [4.69, 9.17) is 9.47 Å². The number of imide groups is 1. The van der Waals surface area contributed by atoms with E-state index in [1.807, 2.05) is 60.7 Å². The summed E-state index contributed by atoms with van der Waals surface area (Å²) in [6, 6.07) is 24.6. The molecule has 0 aromatic heterocycles. The smallest absolute Gasteiger partial charge is 0.278 e.